The average Bonchev–Trinajstić information content (AvgIpc) is 3.03. The third-order valence-corrected chi connectivity index (χ3v) is 4.96. The molecule has 0 aliphatic carbocycles. The maximum atomic E-state index is 12.3. The Labute approximate surface area is 167 Å². The lowest BCUT2D eigenvalue weighted by molar-refractivity contribution is -0.385. The number of hydrogen-bond acceptors (Lipinski definition) is 6. The third kappa shape index (κ3) is 4.50. The van der Waals surface area contributed by atoms with Gasteiger partial charge in [-0.25, -0.2) is 0 Å². The number of thiazole rings is 1. The molecule has 0 N–H and O–H groups in total. The number of nitro benzene ring substituents is 2. The Bertz CT molecular complexity index is 1220. The SMILES string of the molecule is C=CCn1c(=NC(=O)C=Cc2ccc([N+](=O)[O-])cc2)sc2cc([N+](=O)[O-])ccc21. The monoisotopic (exact) mass is 410 g/mol. The highest BCUT2D eigenvalue weighted by atomic mass is 32.1. The summed E-state index contributed by atoms with van der Waals surface area (Å²) in [6.07, 6.45) is 4.40. The standard InChI is InChI=1S/C19H14N4O5S/c1-2-11-21-16-9-8-15(23(27)28)12-17(16)29-19(21)20-18(24)10-5-13-3-6-14(7-4-13)22(25)26/h2-10,12H,1,11H2. The first-order valence-electron chi connectivity index (χ1n) is 8.29. The molecule has 10 heteroatoms. The van der Waals surface area contributed by atoms with Crippen LogP contribution < -0.4 is 4.80 Å². The zero-order valence-electron chi connectivity index (χ0n) is 14.9. The molecule has 0 radical (unpaired) electrons. The molecular formula is C19H14N4O5S. The van der Waals surface area contributed by atoms with Crippen molar-refractivity contribution in [2.24, 2.45) is 4.99 Å². The van der Waals surface area contributed by atoms with Crippen molar-refractivity contribution in [1.29, 1.82) is 0 Å². The van der Waals surface area contributed by atoms with Gasteiger partial charge in [0.05, 0.1) is 20.1 Å². The Balaban J connectivity index is 1.94. The van der Waals surface area contributed by atoms with Gasteiger partial charge in [-0.15, -0.1) is 6.58 Å². The van der Waals surface area contributed by atoms with E-state index in [4.69, 9.17) is 0 Å². The first-order chi connectivity index (χ1) is 13.9. The number of carbonyl (C=O) groups excluding carboxylic acids is 1. The molecule has 2 aromatic carbocycles. The highest BCUT2D eigenvalue weighted by Crippen LogP contribution is 2.23. The fourth-order valence-electron chi connectivity index (χ4n) is 2.57. The minimum atomic E-state index is -0.526. The van der Waals surface area contributed by atoms with Crippen LogP contribution in [0.1, 0.15) is 5.56 Å². The van der Waals surface area contributed by atoms with Crippen molar-refractivity contribution in [3.05, 3.63) is 91.8 Å². The summed E-state index contributed by atoms with van der Waals surface area (Å²) >= 11 is 1.16. The van der Waals surface area contributed by atoms with Gasteiger partial charge in [0.2, 0.25) is 0 Å². The molecule has 1 amide bonds. The van der Waals surface area contributed by atoms with Crippen LogP contribution in [0, 0.1) is 20.2 Å². The Kier molecular flexibility index (Phi) is 5.74. The van der Waals surface area contributed by atoms with Crippen molar-refractivity contribution >= 4 is 44.9 Å². The van der Waals surface area contributed by atoms with Gasteiger partial charge >= 0.3 is 0 Å². The second-order valence-corrected chi connectivity index (χ2v) is 6.83. The van der Waals surface area contributed by atoms with Crippen LogP contribution in [0.3, 0.4) is 0 Å². The molecule has 9 nitrogen and oxygen atoms in total. The molecule has 146 valence electrons. The molecule has 0 spiro atoms. The number of non-ortho nitro benzene ring substituents is 2. The quantitative estimate of drug-likeness (QED) is 0.264. The molecule has 0 aliphatic rings. The van der Waals surface area contributed by atoms with Gasteiger partial charge in [-0.3, -0.25) is 25.0 Å². The third-order valence-electron chi connectivity index (χ3n) is 3.92. The van der Waals surface area contributed by atoms with Crippen molar-refractivity contribution in [1.82, 2.24) is 4.57 Å². The number of fused-ring (bicyclic) bond motifs is 1. The molecule has 1 aromatic heterocycles. The van der Waals surface area contributed by atoms with E-state index in [-0.39, 0.29) is 11.4 Å². The Hall–Kier alpha value is -3.92. The number of rotatable bonds is 6. The van der Waals surface area contributed by atoms with Gasteiger partial charge in [-0.2, -0.15) is 4.99 Å². The minimum absolute atomic E-state index is 0.0389. The predicted molar refractivity (Wildman–Crippen MR) is 109 cm³/mol. The molecule has 0 unspecified atom stereocenters. The maximum Gasteiger partial charge on any atom is 0.272 e. The molecule has 1 heterocycles. The number of nitro groups is 2. The zero-order chi connectivity index (χ0) is 21.0. The maximum absolute atomic E-state index is 12.3. The summed E-state index contributed by atoms with van der Waals surface area (Å²) < 4.78 is 2.38. The second-order valence-electron chi connectivity index (χ2n) is 5.83. The lowest BCUT2D eigenvalue weighted by Gasteiger charge is -2.00. The van der Waals surface area contributed by atoms with Gasteiger partial charge in [0.1, 0.15) is 0 Å². The fraction of sp³-hybridized carbons (Fsp3) is 0.0526. The summed E-state index contributed by atoms with van der Waals surface area (Å²) in [5.41, 5.74) is 1.25. The Morgan fingerprint density at radius 3 is 2.38 bits per heavy atom. The summed E-state index contributed by atoms with van der Waals surface area (Å²) in [6, 6.07) is 10.2. The molecule has 3 rings (SSSR count). The van der Waals surface area contributed by atoms with Gasteiger partial charge in [0, 0.05) is 36.9 Å². The summed E-state index contributed by atoms with van der Waals surface area (Å²) in [6.45, 7) is 4.08. The van der Waals surface area contributed by atoms with Crippen LogP contribution in [0.25, 0.3) is 16.3 Å². The summed E-state index contributed by atoms with van der Waals surface area (Å²) in [5, 5.41) is 21.7. The molecule has 0 atom stereocenters. The van der Waals surface area contributed by atoms with Gasteiger partial charge in [0.25, 0.3) is 17.3 Å². The molecule has 0 saturated carbocycles. The molecule has 0 bridgehead atoms. The van der Waals surface area contributed by atoms with E-state index in [0.29, 0.717) is 27.1 Å². The van der Waals surface area contributed by atoms with Gasteiger partial charge < -0.3 is 4.57 Å². The van der Waals surface area contributed by atoms with E-state index in [0.717, 1.165) is 11.3 Å². The van der Waals surface area contributed by atoms with E-state index in [1.807, 2.05) is 0 Å². The first-order valence-corrected chi connectivity index (χ1v) is 9.10. The molecule has 0 aliphatic heterocycles. The van der Waals surface area contributed by atoms with Crippen molar-refractivity contribution in [3.63, 3.8) is 0 Å². The van der Waals surface area contributed by atoms with Crippen LogP contribution in [-0.2, 0) is 11.3 Å². The number of amides is 1. The van der Waals surface area contributed by atoms with Crippen molar-refractivity contribution in [2.45, 2.75) is 6.54 Å². The normalized spacial score (nSPS) is 11.8. The van der Waals surface area contributed by atoms with Gasteiger partial charge in [0.15, 0.2) is 4.80 Å². The summed E-state index contributed by atoms with van der Waals surface area (Å²) in [4.78, 5) is 37.4. The molecule has 3 aromatic rings. The lowest BCUT2D eigenvalue weighted by atomic mass is 10.2. The summed E-state index contributed by atoms with van der Waals surface area (Å²) in [5.74, 6) is -0.526. The van der Waals surface area contributed by atoms with Crippen LogP contribution in [-0.4, -0.2) is 20.3 Å². The van der Waals surface area contributed by atoms with E-state index in [1.54, 1.807) is 16.7 Å². The topological polar surface area (TPSA) is 121 Å². The van der Waals surface area contributed by atoms with E-state index in [1.165, 1.54) is 48.6 Å². The van der Waals surface area contributed by atoms with Crippen molar-refractivity contribution < 1.29 is 14.6 Å². The van der Waals surface area contributed by atoms with Crippen molar-refractivity contribution in [2.75, 3.05) is 0 Å². The van der Waals surface area contributed by atoms with Crippen LogP contribution in [0.5, 0.6) is 0 Å². The van der Waals surface area contributed by atoms with E-state index < -0.39 is 15.8 Å². The van der Waals surface area contributed by atoms with E-state index >= 15 is 0 Å². The van der Waals surface area contributed by atoms with E-state index in [9.17, 15) is 25.0 Å². The predicted octanol–water partition coefficient (Wildman–Crippen LogP) is 3.85. The smallest absolute Gasteiger partial charge is 0.272 e. The summed E-state index contributed by atoms with van der Waals surface area (Å²) in [7, 11) is 0. The highest BCUT2D eigenvalue weighted by Gasteiger charge is 2.12. The largest absolute Gasteiger partial charge is 0.312 e. The lowest BCUT2D eigenvalue weighted by Crippen LogP contribution is -2.15. The molecule has 0 fully saturated rings. The number of hydrogen-bond donors (Lipinski definition) is 0. The zero-order valence-corrected chi connectivity index (χ0v) is 15.7. The number of aromatic nitrogens is 1. The average molecular weight is 410 g/mol. The molecule has 0 saturated heterocycles. The Morgan fingerprint density at radius 2 is 1.76 bits per heavy atom. The van der Waals surface area contributed by atoms with Crippen molar-refractivity contribution in [3.8, 4) is 0 Å². The molecular weight excluding hydrogens is 396 g/mol. The minimum Gasteiger partial charge on any atom is -0.312 e. The number of carbonyl (C=O) groups is 1. The van der Waals surface area contributed by atoms with Crippen LogP contribution in [0.15, 0.2) is 66.2 Å². The van der Waals surface area contributed by atoms with E-state index in [2.05, 4.69) is 11.6 Å². The fourth-order valence-corrected chi connectivity index (χ4v) is 3.65. The number of allylic oxidation sites excluding steroid dienone is 1. The number of nitrogens with zero attached hydrogens (tertiary/aromatic N) is 4. The van der Waals surface area contributed by atoms with Crippen LogP contribution >= 0.6 is 11.3 Å². The van der Waals surface area contributed by atoms with Crippen LogP contribution in [0.2, 0.25) is 0 Å². The highest BCUT2D eigenvalue weighted by molar-refractivity contribution is 7.16. The Morgan fingerprint density at radius 1 is 1.10 bits per heavy atom. The second kappa shape index (κ2) is 8.40. The van der Waals surface area contributed by atoms with Gasteiger partial charge in [-0.05, 0) is 29.8 Å². The molecule has 29 heavy (non-hydrogen) atoms. The number of benzene rings is 2. The van der Waals surface area contributed by atoms with Gasteiger partial charge in [-0.1, -0.05) is 17.4 Å². The first kappa shape index (κ1) is 19.8. The van der Waals surface area contributed by atoms with Crippen LogP contribution in [0.4, 0.5) is 11.4 Å².